The van der Waals surface area contributed by atoms with E-state index in [9.17, 15) is 13.6 Å². The van der Waals surface area contributed by atoms with Crippen molar-refractivity contribution in [1.82, 2.24) is 0 Å². The van der Waals surface area contributed by atoms with Crippen molar-refractivity contribution in [3.8, 4) is 0 Å². The number of amides is 1. The van der Waals surface area contributed by atoms with E-state index >= 15 is 0 Å². The zero-order valence-corrected chi connectivity index (χ0v) is 10.5. The van der Waals surface area contributed by atoms with E-state index < -0.39 is 11.6 Å². The predicted molar refractivity (Wildman–Crippen MR) is 70.1 cm³/mol. The van der Waals surface area contributed by atoms with Crippen LogP contribution in [0.2, 0.25) is 5.02 Å². The second-order valence-corrected chi connectivity index (χ2v) is 4.40. The predicted octanol–water partition coefficient (Wildman–Crippen LogP) is 3.80. The number of hydrogen-bond acceptors (Lipinski definition) is 1. The zero-order chi connectivity index (χ0) is 13.8. The lowest BCUT2D eigenvalue weighted by Crippen LogP contribution is -2.15. The molecule has 0 heterocycles. The van der Waals surface area contributed by atoms with E-state index in [1.807, 2.05) is 0 Å². The second kappa shape index (κ2) is 5.80. The Labute approximate surface area is 114 Å². The van der Waals surface area contributed by atoms with Gasteiger partial charge in [-0.1, -0.05) is 17.7 Å². The van der Waals surface area contributed by atoms with Gasteiger partial charge in [0.1, 0.15) is 11.6 Å². The molecule has 0 aliphatic heterocycles. The van der Waals surface area contributed by atoms with Crippen molar-refractivity contribution < 1.29 is 13.6 Å². The highest BCUT2D eigenvalue weighted by atomic mass is 35.5. The van der Waals surface area contributed by atoms with Crippen molar-refractivity contribution in [2.24, 2.45) is 0 Å². The van der Waals surface area contributed by atoms with Crippen LogP contribution in [-0.4, -0.2) is 5.91 Å². The minimum absolute atomic E-state index is 0.146. The Hall–Kier alpha value is -1.94. The Morgan fingerprint density at radius 3 is 2.42 bits per heavy atom. The number of hydrogen-bond donors (Lipinski definition) is 1. The Morgan fingerprint density at radius 2 is 1.79 bits per heavy atom. The van der Waals surface area contributed by atoms with Crippen molar-refractivity contribution in [3.05, 3.63) is 64.7 Å². The van der Waals surface area contributed by atoms with Crippen molar-refractivity contribution >= 4 is 23.2 Å². The smallest absolute Gasteiger partial charge is 0.228 e. The molecule has 0 radical (unpaired) electrons. The van der Waals surface area contributed by atoms with Crippen LogP contribution in [0.5, 0.6) is 0 Å². The maximum absolute atomic E-state index is 13.4. The topological polar surface area (TPSA) is 29.1 Å². The Bertz CT molecular complexity index is 599. The summed E-state index contributed by atoms with van der Waals surface area (Å²) in [6, 6.07) is 9.68. The molecule has 0 bridgehead atoms. The summed E-state index contributed by atoms with van der Waals surface area (Å²) in [5, 5.41) is 3.16. The van der Waals surface area contributed by atoms with Gasteiger partial charge in [0, 0.05) is 16.8 Å². The third-order valence-corrected chi connectivity index (χ3v) is 2.75. The molecule has 0 aromatic heterocycles. The molecule has 0 saturated carbocycles. The van der Waals surface area contributed by atoms with Crippen LogP contribution in [0.1, 0.15) is 5.56 Å². The van der Waals surface area contributed by atoms with Crippen LogP contribution in [0, 0.1) is 11.6 Å². The van der Waals surface area contributed by atoms with Crippen molar-refractivity contribution in [3.63, 3.8) is 0 Å². The SMILES string of the molecule is O=C(Cc1ccc(F)cc1F)Nc1ccc(Cl)cc1. The lowest BCUT2D eigenvalue weighted by Gasteiger charge is -2.06. The largest absolute Gasteiger partial charge is 0.326 e. The Balaban J connectivity index is 2.03. The van der Waals surface area contributed by atoms with Gasteiger partial charge in [-0.25, -0.2) is 8.78 Å². The number of benzene rings is 2. The molecule has 0 atom stereocenters. The van der Waals surface area contributed by atoms with Gasteiger partial charge in [-0.15, -0.1) is 0 Å². The number of anilines is 1. The van der Waals surface area contributed by atoms with Gasteiger partial charge in [-0.3, -0.25) is 4.79 Å². The Kier molecular flexibility index (Phi) is 4.12. The molecule has 2 aromatic carbocycles. The van der Waals surface area contributed by atoms with Crippen molar-refractivity contribution in [1.29, 1.82) is 0 Å². The monoisotopic (exact) mass is 281 g/mol. The summed E-state index contributed by atoms with van der Waals surface area (Å²) in [5.41, 5.74) is 0.713. The van der Waals surface area contributed by atoms with E-state index in [2.05, 4.69) is 5.32 Å². The third kappa shape index (κ3) is 3.76. The average molecular weight is 282 g/mol. The fraction of sp³-hybridized carbons (Fsp3) is 0.0714. The van der Waals surface area contributed by atoms with Gasteiger partial charge >= 0.3 is 0 Å². The number of carbonyl (C=O) groups is 1. The normalized spacial score (nSPS) is 10.3. The fourth-order valence-corrected chi connectivity index (χ4v) is 1.70. The molecule has 2 rings (SSSR count). The quantitative estimate of drug-likeness (QED) is 0.911. The van der Waals surface area contributed by atoms with E-state index in [0.29, 0.717) is 10.7 Å². The van der Waals surface area contributed by atoms with E-state index in [4.69, 9.17) is 11.6 Å². The van der Waals surface area contributed by atoms with Crippen LogP contribution in [0.3, 0.4) is 0 Å². The lowest BCUT2D eigenvalue weighted by molar-refractivity contribution is -0.115. The van der Waals surface area contributed by atoms with Gasteiger partial charge in [0.15, 0.2) is 0 Å². The minimum atomic E-state index is -0.730. The van der Waals surface area contributed by atoms with Crippen LogP contribution >= 0.6 is 11.6 Å². The highest BCUT2D eigenvalue weighted by molar-refractivity contribution is 6.30. The first kappa shape index (κ1) is 13.5. The van der Waals surface area contributed by atoms with Crippen LogP contribution in [-0.2, 0) is 11.2 Å². The summed E-state index contributed by atoms with van der Waals surface area (Å²) >= 11 is 5.72. The summed E-state index contributed by atoms with van der Waals surface area (Å²) in [6.07, 6.45) is -0.158. The first-order valence-electron chi connectivity index (χ1n) is 5.54. The summed E-state index contributed by atoms with van der Waals surface area (Å²) in [4.78, 5) is 11.7. The molecule has 0 fully saturated rings. The lowest BCUT2D eigenvalue weighted by atomic mass is 10.1. The molecule has 2 nitrogen and oxygen atoms in total. The number of carbonyl (C=O) groups excluding carboxylic acids is 1. The molecule has 0 aliphatic rings. The van der Waals surface area contributed by atoms with Gasteiger partial charge in [0.2, 0.25) is 5.91 Å². The van der Waals surface area contributed by atoms with Crippen LogP contribution in [0.25, 0.3) is 0 Å². The molecular weight excluding hydrogens is 272 g/mol. The average Bonchev–Trinajstić information content (AvgIpc) is 2.36. The summed E-state index contributed by atoms with van der Waals surface area (Å²) in [5.74, 6) is -1.78. The molecule has 1 N–H and O–H groups in total. The Morgan fingerprint density at radius 1 is 1.11 bits per heavy atom. The molecule has 5 heteroatoms. The first-order valence-corrected chi connectivity index (χ1v) is 5.92. The van der Waals surface area contributed by atoms with Crippen LogP contribution in [0.4, 0.5) is 14.5 Å². The summed E-state index contributed by atoms with van der Waals surface area (Å²) in [6.45, 7) is 0. The zero-order valence-electron chi connectivity index (χ0n) is 9.79. The number of rotatable bonds is 3. The standard InChI is InChI=1S/C14H10ClF2NO/c15-10-2-5-12(6-3-10)18-14(19)7-9-1-4-11(16)8-13(9)17/h1-6,8H,7H2,(H,18,19). The molecular formula is C14H10ClF2NO. The maximum Gasteiger partial charge on any atom is 0.228 e. The molecule has 0 unspecified atom stereocenters. The van der Waals surface area contributed by atoms with Crippen LogP contribution < -0.4 is 5.32 Å². The van der Waals surface area contributed by atoms with E-state index in [-0.39, 0.29) is 17.9 Å². The summed E-state index contributed by atoms with van der Waals surface area (Å²) in [7, 11) is 0. The summed E-state index contributed by atoms with van der Waals surface area (Å²) < 4.78 is 26.1. The molecule has 98 valence electrons. The third-order valence-electron chi connectivity index (χ3n) is 2.49. The molecule has 1 amide bonds. The molecule has 19 heavy (non-hydrogen) atoms. The van der Waals surface area contributed by atoms with Crippen molar-refractivity contribution in [2.75, 3.05) is 5.32 Å². The highest BCUT2D eigenvalue weighted by Crippen LogP contribution is 2.15. The van der Waals surface area contributed by atoms with Gasteiger partial charge in [0.05, 0.1) is 6.42 Å². The van der Waals surface area contributed by atoms with E-state index in [0.717, 1.165) is 12.1 Å². The number of halogens is 3. The minimum Gasteiger partial charge on any atom is -0.326 e. The van der Waals surface area contributed by atoms with Gasteiger partial charge in [-0.2, -0.15) is 0 Å². The molecule has 0 aliphatic carbocycles. The second-order valence-electron chi connectivity index (χ2n) is 3.97. The van der Waals surface area contributed by atoms with Crippen LogP contribution in [0.15, 0.2) is 42.5 Å². The van der Waals surface area contributed by atoms with E-state index in [1.54, 1.807) is 24.3 Å². The number of nitrogens with one attached hydrogen (secondary N) is 1. The van der Waals surface area contributed by atoms with Crippen molar-refractivity contribution in [2.45, 2.75) is 6.42 Å². The van der Waals surface area contributed by atoms with Gasteiger partial charge < -0.3 is 5.32 Å². The fourth-order valence-electron chi connectivity index (χ4n) is 1.58. The van der Waals surface area contributed by atoms with Gasteiger partial charge in [-0.05, 0) is 35.9 Å². The highest BCUT2D eigenvalue weighted by Gasteiger charge is 2.09. The molecule has 0 spiro atoms. The van der Waals surface area contributed by atoms with E-state index in [1.165, 1.54) is 6.07 Å². The van der Waals surface area contributed by atoms with Gasteiger partial charge in [0.25, 0.3) is 0 Å². The molecule has 0 saturated heterocycles. The first-order chi connectivity index (χ1) is 9.04. The molecule has 2 aromatic rings. The maximum atomic E-state index is 13.4.